The van der Waals surface area contributed by atoms with E-state index in [1.165, 1.54) is 0 Å². The van der Waals surface area contributed by atoms with Crippen molar-refractivity contribution < 1.29 is 4.79 Å². The summed E-state index contributed by atoms with van der Waals surface area (Å²) in [6.45, 7) is 10.6. The number of nitrogens with zero attached hydrogens (tertiary/aromatic N) is 5. The fraction of sp³-hybridized carbons (Fsp3) is 0.357. The van der Waals surface area contributed by atoms with E-state index in [1.54, 1.807) is 24.2 Å². The molecule has 8 heteroatoms. The summed E-state index contributed by atoms with van der Waals surface area (Å²) in [5.74, 6) is 1.06. The highest BCUT2D eigenvalue weighted by Gasteiger charge is 2.24. The van der Waals surface area contributed by atoms with E-state index in [-0.39, 0.29) is 5.91 Å². The summed E-state index contributed by atoms with van der Waals surface area (Å²) in [6, 6.07) is 14.2. The predicted molar refractivity (Wildman–Crippen MR) is 147 cm³/mol. The van der Waals surface area contributed by atoms with Gasteiger partial charge in [0.15, 0.2) is 0 Å². The number of carbonyl (C=O) groups is 1. The van der Waals surface area contributed by atoms with Crippen LogP contribution in [0.1, 0.15) is 23.4 Å². The van der Waals surface area contributed by atoms with Crippen molar-refractivity contribution in [2.75, 3.05) is 43.9 Å². The van der Waals surface area contributed by atoms with E-state index in [0.29, 0.717) is 12.3 Å². The molecule has 1 saturated heterocycles. The molecule has 1 aliphatic heterocycles. The molecule has 1 N–H and O–H groups in total. The van der Waals surface area contributed by atoms with Crippen molar-refractivity contribution >= 4 is 29.1 Å². The van der Waals surface area contributed by atoms with Crippen LogP contribution in [0.5, 0.6) is 0 Å². The van der Waals surface area contributed by atoms with Crippen molar-refractivity contribution in [3.8, 4) is 0 Å². The van der Waals surface area contributed by atoms with Crippen LogP contribution in [0.25, 0.3) is 5.57 Å². The zero-order valence-corrected chi connectivity index (χ0v) is 21.9. The molecule has 1 amide bonds. The Hall–Kier alpha value is -3.23. The van der Waals surface area contributed by atoms with Crippen LogP contribution in [0, 0.1) is 12.8 Å². The summed E-state index contributed by atoms with van der Waals surface area (Å²) >= 11 is 1.65. The van der Waals surface area contributed by atoms with Crippen LogP contribution in [-0.4, -0.2) is 64.7 Å². The van der Waals surface area contributed by atoms with Crippen LogP contribution in [0.15, 0.2) is 72.5 Å². The second-order valence-corrected chi connectivity index (χ2v) is 10.2. The molecule has 7 nitrogen and oxygen atoms in total. The molecule has 1 aromatic carbocycles. The van der Waals surface area contributed by atoms with Gasteiger partial charge in [0.25, 0.3) is 0 Å². The highest BCUT2D eigenvalue weighted by molar-refractivity contribution is 7.99. The summed E-state index contributed by atoms with van der Waals surface area (Å²) in [7, 11) is 2.16. The topological polar surface area (TPSA) is 74.2 Å². The van der Waals surface area contributed by atoms with E-state index in [1.807, 2.05) is 43.5 Å². The highest BCUT2D eigenvalue weighted by atomic mass is 32.2. The molecule has 0 bridgehead atoms. The van der Waals surface area contributed by atoms with Gasteiger partial charge in [-0.25, -0.2) is 4.98 Å². The molecule has 1 aliphatic rings. The van der Waals surface area contributed by atoms with E-state index in [9.17, 15) is 4.79 Å². The lowest BCUT2D eigenvalue weighted by Gasteiger charge is -2.23. The number of pyridine rings is 1. The molecule has 1 fully saturated rings. The van der Waals surface area contributed by atoms with Crippen molar-refractivity contribution in [1.29, 1.82) is 0 Å². The number of likely N-dealkylation sites (N-methyl/N-ethyl adjacent to an activating group) is 1. The summed E-state index contributed by atoms with van der Waals surface area (Å²) < 4.78 is 0. The average molecular weight is 503 g/mol. The van der Waals surface area contributed by atoms with Crippen molar-refractivity contribution in [3.05, 3.63) is 84.6 Å². The largest absolute Gasteiger partial charge is 0.355 e. The molecular weight excluding hydrogens is 468 g/mol. The van der Waals surface area contributed by atoms with Crippen LogP contribution < -0.4 is 10.2 Å². The number of nitrogens with one attached hydrogen (secondary N) is 1. The van der Waals surface area contributed by atoms with Gasteiger partial charge < -0.3 is 15.1 Å². The van der Waals surface area contributed by atoms with Crippen LogP contribution in [-0.2, 0) is 11.3 Å². The second kappa shape index (κ2) is 12.6. The number of hydrogen-bond donors (Lipinski definition) is 1. The first-order valence-electron chi connectivity index (χ1n) is 12.3. The molecule has 0 spiro atoms. The van der Waals surface area contributed by atoms with Gasteiger partial charge in [0.1, 0.15) is 5.82 Å². The minimum Gasteiger partial charge on any atom is -0.355 e. The molecule has 0 aliphatic carbocycles. The van der Waals surface area contributed by atoms with Gasteiger partial charge in [0.2, 0.25) is 5.91 Å². The van der Waals surface area contributed by atoms with Crippen molar-refractivity contribution in [1.82, 2.24) is 25.2 Å². The molecule has 0 radical (unpaired) electrons. The Kier molecular flexibility index (Phi) is 9.08. The summed E-state index contributed by atoms with van der Waals surface area (Å²) in [6.07, 6.45) is 6.38. The molecule has 188 valence electrons. The van der Waals surface area contributed by atoms with Gasteiger partial charge >= 0.3 is 0 Å². The molecule has 36 heavy (non-hydrogen) atoms. The highest BCUT2D eigenvalue weighted by Crippen LogP contribution is 2.29. The van der Waals surface area contributed by atoms with E-state index < -0.39 is 5.92 Å². The molecule has 3 heterocycles. The number of benzene rings is 1. The standard InChI is InChI=1S/C28H34N6OS/c1-21-16-30-24(18-29-21)19-32-28(35)26(20-36-25-8-5-4-6-9-25)22(2)23-10-11-27(31-17-23)34-13-7-12-33(3)14-15-34/h4-6,8-11,16-18,26H,2,7,12-15,19-20H2,1,3H3,(H,32,35). The number of carbonyl (C=O) groups excluding carboxylic acids is 1. The summed E-state index contributed by atoms with van der Waals surface area (Å²) in [5.41, 5.74) is 3.22. The zero-order valence-electron chi connectivity index (χ0n) is 21.1. The molecule has 1 atom stereocenters. The Balaban J connectivity index is 1.46. The average Bonchev–Trinajstić information content (AvgIpc) is 3.13. The Bertz CT molecular complexity index is 1140. The number of hydrogen-bond acceptors (Lipinski definition) is 7. The normalized spacial score (nSPS) is 15.2. The maximum absolute atomic E-state index is 13.3. The van der Waals surface area contributed by atoms with E-state index in [2.05, 4.69) is 50.8 Å². The molecule has 0 saturated carbocycles. The molecular formula is C28H34N6OS. The van der Waals surface area contributed by atoms with E-state index in [0.717, 1.165) is 65.8 Å². The molecule has 2 aromatic heterocycles. The number of anilines is 1. The summed E-state index contributed by atoms with van der Waals surface area (Å²) in [4.78, 5) is 32.5. The Labute approximate surface area is 218 Å². The van der Waals surface area contributed by atoms with E-state index in [4.69, 9.17) is 4.98 Å². The van der Waals surface area contributed by atoms with Gasteiger partial charge in [-0.15, -0.1) is 11.8 Å². The van der Waals surface area contributed by atoms with Crippen LogP contribution >= 0.6 is 11.8 Å². The van der Waals surface area contributed by atoms with Gasteiger partial charge in [0.05, 0.1) is 30.0 Å². The number of thioether (sulfide) groups is 1. The molecule has 1 unspecified atom stereocenters. The number of rotatable bonds is 9. The number of aryl methyl sites for hydroxylation is 1. The second-order valence-electron chi connectivity index (χ2n) is 9.12. The Morgan fingerprint density at radius 3 is 2.58 bits per heavy atom. The SMILES string of the molecule is C=C(c1ccc(N2CCCN(C)CC2)nc1)C(CSc1ccccc1)C(=O)NCc1cnc(C)cn1. The van der Waals surface area contributed by atoms with Crippen LogP contribution in [0.4, 0.5) is 5.82 Å². The zero-order chi connectivity index (χ0) is 25.3. The first kappa shape index (κ1) is 25.9. The first-order valence-corrected chi connectivity index (χ1v) is 13.3. The Morgan fingerprint density at radius 2 is 1.86 bits per heavy atom. The third-order valence-corrected chi connectivity index (χ3v) is 7.44. The van der Waals surface area contributed by atoms with Crippen LogP contribution in [0.2, 0.25) is 0 Å². The third-order valence-electron chi connectivity index (χ3n) is 6.34. The van der Waals surface area contributed by atoms with Gasteiger partial charge in [-0.05, 0) is 62.3 Å². The maximum Gasteiger partial charge on any atom is 0.228 e. The van der Waals surface area contributed by atoms with Crippen LogP contribution in [0.3, 0.4) is 0 Å². The monoisotopic (exact) mass is 502 g/mol. The third kappa shape index (κ3) is 7.15. The number of aromatic nitrogens is 3. The Morgan fingerprint density at radius 1 is 1.03 bits per heavy atom. The summed E-state index contributed by atoms with van der Waals surface area (Å²) in [5, 5.41) is 3.03. The maximum atomic E-state index is 13.3. The fourth-order valence-corrected chi connectivity index (χ4v) is 5.14. The fourth-order valence-electron chi connectivity index (χ4n) is 4.08. The smallest absolute Gasteiger partial charge is 0.228 e. The molecule has 4 rings (SSSR count). The minimum absolute atomic E-state index is 0.0783. The van der Waals surface area contributed by atoms with E-state index >= 15 is 0 Å². The quantitative estimate of drug-likeness (QED) is 0.442. The van der Waals surface area contributed by atoms with Gasteiger partial charge in [-0.2, -0.15) is 0 Å². The van der Waals surface area contributed by atoms with Gasteiger partial charge in [-0.3, -0.25) is 14.8 Å². The van der Waals surface area contributed by atoms with Crippen molar-refractivity contribution in [2.24, 2.45) is 5.92 Å². The predicted octanol–water partition coefficient (Wildman–Crippen LogP) is 4.06. The van der Waals surface area contributed by atoms with Gasteiger partial charge in [0, 0.05) is 42.7 Å². The lowest BCUT2D eigenvalue weighted by atomic mass is 9.95. The first-order chi connectivity index (χ1) is 17.5. The minimum atomic E-state index is -0.409. The van der Waals surface area contributed by atoms with Gasteiger partial charge in [-0.1, -0.05) is 24.8 Å². The lowest BCUT2D eigenvalue weighted by Crippen LogP contribution is -2.32. The van der Waals surface area contributed by atoms with Crippen molar-refractivity contribution in [2.45, 2.75) is 24.8 Å². The molecule has 3 aromatic rings. The number of amides is 1. The lowest BCUT2D eigenvalue weighted by molar-refractivity contribution is -0.122. The van der Waals surface area contributed by atoms with Crippen molar-refractivity contribution in [3.63, 3.8) is 0 Å².